The zero-order valence-electron chi connectivity index (χ0n) is 12.9. The summed E-state index contributed by atoms with van der Waals surface area (Å²) in [6.07, 6.45) is -0.826. The molecule has 0 amide bonds. The van der Waals surface area contributed by atoms with Gasteiger partial charge in [-0.15, -0.1) is 0 Å². The predicted octanol–water partition coefficient (Wildman–Crippen LogP) is -0.272. The first-order chi connectivity index (χ1) is 10.8. The maximum absolute atomic E-state index is 12.3. The van der Waals surface area contributed by atoms with Gasteiger partial charge < -0.3 is 24.5 Å². The standard InChI is InChI=1S/C17H20O6/c1-3-23-10-9-17(16(21)22,12(2)15(19)20)11-14(18)13-7-5-4-6-8-13/h4-8H,2-3,9-11H2,1H3,(H,19,20)(H,21,22)/p-2. The van der Waals surface area contributed by atoms with E-state index in [0.717, 1.165) is 0 Å². The van der Waals surface area contributed by atoms with Crippen molar-refractivity contribution in [3.05, 3.63) is 48.0 Å². The molecule has 1 aromatic rings. The van der Waals surface area contributed by atoms with Crippen LogP contribution in [0.5, 0.6) is 0 Å². The van der Waals surface area contributed by atoms with E-state index < -0.39 is 35.1 Å². The maximum Gasteiger partial charge on any atom is 0.164 e. The summed E-state index contributed by atoms with van der Waals surface area (Å²) in [6.45, 7) is 5.28. The fraction of sp³-hybridized carbons (Fsp3) is 0.353. The Morgan fingerprint density at radius 1 is 1.17 bits per heavy atom. The number of Topliss-reactive ketones (excluding diaryl/α,β-unsaturated/α-hetero) is 1. The summed E-state index contributed by atoms with van der Waals surface area (Å²) in [6, 6.07) is 8.00. The Hall–Kier alpha value is -2.47. The van der Waals surface area contributed by atoms with Crippen LogP contribution in [0.1, 0.15) is 30.1 Å². The van der Waals surface area contributed by atoms with Crippen molar-refractivity contribution in [3.63, 3.8) is 0 Å². The number of ether oxygens (including phenoxy) is 1. The van der Waals surface area contributed by atoms with Crippen LogP contribution >= 0.6 is 0 Å². The summed E-state index contributed by atoms with van der Waals surface area (Å²) in [7, 11) is 0. The molecule has 6 heteroatoms. The van der Waals surface area contributed by atoms with Gasteiger partial charge in [0.25, 0.3) is 0 Å². The first-order valence-electron chi connectivity index (χ1n) is 7.13. The lowest BCUT2D eigenvalue weighted by molar-refractivity contribution is -0.322. The second-order valence-electron chi connectivity index (χ2n) is 5.05. The van der Waals surface area contributed by atoms with Gasteiger partial charge in [0.2, 0.25) is 0 Å². The van der Waals surface area contributed by atoms with Crippen molar-refractivity contribution < 1.29 is 29.3 Å². The van der Waals surface area contributed by atoms with E-state index in [2.05, 4.69) is 6.58 Å². The highest BCUT2D eigenvalue weighted by molar-refractivity contribution is 6.02. The fourth-order valence-corrected chi connectivity index (χ4v) is 2.23. The lowest BCUT2D eigenvalue weighted by Crippen LogP contribution is -2.49. The lowest BCUT2D eigenvalue weighted by Gasteiger charge is -2.36. The highest BCUT2D eigenvalue weighted by Crippen LogP contribution is 2.35. The molecule has 0 spiro atoms. The van der Waals surface area contributed by atoms with Crippen LogP contribution in [-0.2, 0) is 14.3 Å². The molecular weight excluding hydrogens is 300 g/mol. The molecule has 1 rings (SSSR count). The quantitative estimate of drug-likeness (QED) is 0.334. The van der Waals surface area contributed by atoms with Crippen molar-refractivity contribution in [3.8, 4) is 0 Å². The second kappa shape index (κ2) is 8.24. The molecule has 1 atom stereocenters. The Balaban J connectivity index is 3.15. The van der Waals surface area contributed by atoms with E-state index >= 15 is 0 Å². The SMILES string of the molecule is C=C(C(=O)[O-])C(CCOCC)(CC(=O)c1ccccc1)C(=O)[O-]. The molecule has 0 aliphatic carbocycles. The molecule has 0 aliphatic heterocycles. The summed E-state index contributed by atoms with van der Waals surface area (Å²) < 4.78 is 5.10. The smallest absolute Gasteiger partial charge is 0.164 e. The van der Waals surface area contributed by atoms with Gasteiger partial charge >= 0.3 is 0 Å². The topological polar surface area (TPSA) is 107 Å². The van der Waals surface area contributed by atoms with Crippen LogP contribution in [0.4, 0.5) is 0 Å². The van der Waals surface area contributed by atoms with Crippen LogP contribution in [0.2, 0.25) is 0 Å². The number of benzene rings is 1. The molecule has 1 unspecified atom stereocenters. The Morgan fingerprint density at radius 2 is 1.78 bits per heavy atom. The molecule has 0 saturated carbocycles. The Labute approximate surface area is 134 Å². The highest BCUT2D eigenvalue weighted by Gasteiger charge is 2.38. The summed E-state index contributed by atoms with van der Waals surface area (Å²) in [5.41, 5.74) is -2.48. The van der Waals surface area contributed by atoms with Crippen LogP contribution in [0.15, 0.2) is 42.5 Å². The average molecular weight is 318 g/mol. The summed E-state index contributed by atoms with van der Waals surface area (Å²) in [4.78, 5) is 35.1. The van der Waals surface area contributed by atoms with Gasteiger partial charge in [0.05, 0.1) is 11.9 Å². The minimum atomic E-state index is -2.07. The number of aliphatic carboxylic acids is 2. The van der Waals surface area contributed by atoms with Gasteiger partial charge in [-0.2, -0.15) is 0 Å². The largest absolute Gasteiger partial charge is 0.549 e. The van der Waals surface area contributed by atoms with Gasteiger partial charge in [0.1, 0.15) is 0 Å². The fourth-order valence-electron chi connectivity index (χ4n) is 2.23. The van der Waals surface area contributed by atoms with Gasteiger partial charge in [-0.25, -0.2) is 0 Å². The van der Waals surface area contributed by atoms with Crippen molar-refractivity contribution in [1.82, 2.24) is 0 Å². The van der Waals surface area contributed by atoms with Crippen molar-refractivity contribution in [2.45, 2.75) is 19.8 Å². The van der Waals surface area contributed by atoms with E-state index in [1.807, 2.05) is 0 Å². The Kier molecular flexibility index (Phi) is 6.65. The number of carbonyl (C=O) groups excluding carboxylic acids is 3. The zero-order valence-corrected chi connectivity index (χ0v) is 12.9. The molecule has 23 heavy (non-hydrogen) atoms. The van der Waals surface area contributed by atoms with E-state index in [0.29, 0.717) is 6.61 Å². The van der Waals surface area contributed by atoms with Gasteiger partial charge in [-0.05, 0) is 18.9 Å². The molecule has 0 N–H and O–H groups in total. The van der Waals surface area contributed by atoms with E-state index in [4.69, 9.17) is 4.74 Å². The summed E-state index contributed by atoms with van der Waals surface area (Å²) >= 11 is 0. The Morgan fingerprint density at radius 3 is 2.26 bits per heavy atom. The number of carbonyl (C=O) groups is 3. The third-order valence-electron chi connectivity index (χ3n) is 3.65. The van der Waals surface area contributed by atoms with Crippen LogP contribution in [0.3, 0.4) is 0 Å². The maximum atomic E-state index is 12.3. The number of carboxylic acid groups (broad SMARTS) is 2. The van der Waals surface area contributed by atoms with Crippen LogP contribution in [-0.4, -0.2) is 30.9 Å². The van der Waals surface area contributed by atoms with Crippen molar-refractivity contribution in [2.75, 3.05) is 13.2 Å². The molecule has 0 aromatic heterocycles. The van der Waals surface area contributed by atoms with Gasteiger partial charge in [-0.3, -0.25) is 4.79 Å². The average Bonchev–Trinajstić information content (AvgIpc) is 2.53. The number of hydrogen-bond donors (Lipinski definition) is 0. The second-order valence-corrected chi connectivity index (χ2v) is 5.05. The van der Waals surface area contributed by atoms with Gasteiger partial charge in [0, 0.05) is 30.6 Å². The van der Waals surface area contributed by atoms with Crippen molar-refractivity contribution in [1.29, 1.82) is 0 Å². The number of rotatable bonds is 10. The first kappa shape index (κ1) is 18.6. The van der Waals surface area contributed by atoms with Crippen LogP contribution in [0, 0.1) is 5.41 Å². The van der Waals surface area contributed by atoms with Crippen LogP contribution in [0.25, 0.3) is 0 Å². The van der Waals surface area contributed by atoms with E-state index in [1.54, 1.807) is 25.1 Å². The third-order valence-corrected chi connectivity index (χ3v) is 3.65. The minimum absolute atomic E-state index is 0.0428. The molecule has 0 heterocycles. The third kappa shape index (κ3) is 4.50. The predicted molar refractivity (Wildman–Crippen MR) is 78.1 cm³/mol. The Bertz CT molecular complexity index is 592. The van der Waals surface area contributed by atoms with E-state index in [9.17, 15) is 24.6 Å². The van der Waals surface area contributed by atoms with E-state index in [-0.39, 0.29) is 18.6 Å². The number of carboxylic acids is 2. The molecular formula is C17H18O6-2. The minimum Gasteiger partial charge on any atom is -0.549 e. The molecule has 0 aliphatic rings. The molecule has 124 valence electrons. The monoisotopic (exact) mass is 318 g/mol. The number of hydrogen-bond acceptors (Lipinski definition) is 6. The molecule has 0 saturated heterocycles. The van der Waals surface area contributed by atoms with Crippen molar-refractivity contribution >= 4 is 17.7 Å². The molecule has 0 fully saturated rings. The molecule has 0 bridgehead atoms. The van der Waals surface area contributed by atoms with E-state index in [1.165, 1.54) is 12.1 Å². The molecule has 1 aromatic carbocycles. The molecule has 6 nitrogen and oxygen atoms in total. The van der Waals surface area contributed by atoms with Gasteiger partial charge in [-0.1, -0.05) is 36.9 Å². The normalized spacial score (nSPS) is 13.1. The summed E-state index contributed by atoms with van der Waals surface area (Å²) in [5.74, 6) is -3.93. The van der Waals surface area contributed by atoms with Gasteiger partial charge in [0.15, 0.2) is 5.78 Å². The number of ketones is 1. The summed E-state index contributed by atoms with van der Waals surface area (Å²) in [5, 5.41) is 22.8. The molecule has 0 radical (unpaired) electrons. The zero-order chi connectivity index (χ0) is 17.5. The first-order valence-corrected chi connectivity index (χ1v) is 7.13. The highest BCUT2D eigenvalue weighted by atomic mass is 16.5. The lowest BCUT2D eigenvalue weighted by atomic mass is 9.73. The van der Waals surface area contributed by atoms with Crippen molar-refractivity contribution in [2.24, 2.45) is 5.41 Å². The van der Waals surface area contributed by atoms with Crippen LogP contribution < -0.4 is 10.2 Å².